The second kappa shape index (κ2) is 5.69. The Hall–Kier alpha value is -2.11. The van der Waals surface area contributed by atoms with Gasteiger partial charge < -0.3 is 15.0 Å². The summed E-state index contributed by atoms with van der Waals surface area (Å²) < 4.78 is 17.8. The maximum Gasteiger partial charge on any atom is 0.409 e. The highest BCUT2D eigenvalue weighted by atomic mass is 19.1. The number of amides is 2. The number of benzene rings is 1. The molecule has 2 rings (SSSR count). The molecule has 1 fully saturated rings. The molecule has 1 aromatic carbocycles. The summed E-state index contributed by atoms with van der Waals surface area (Å²) in [6.07, 6.45) is 0.0316. The van der Waals surface area contributed by atoms with Gasteiger partial charge in [0.05, 0.1) is 6.54 Å². The first-order valence-electron chi connectivity index (χ1n) is 6.02. The van der Waals surface area contributed by atoms with Crippen molar-refractivity contribution < 1.29 is 18.7 Å². The van der Waals surface area contributed by atoms with Gasteiger partial charge in [0.15, 0.2) is 0 Å². The first-order valence-corrected chi connectivity index (χ1v) is 6.02. The van der Waals surface area contributed by atoms with Gasteiger partial charge in [-0.2, -0.15) is 0 Å². The van der Waals surface area contributed by atoms with Crippen LogP contribution in [0, 0.1) is 5.82 Å². The van der Waals surface area contributed by atoms with Crippen molar-refractivity contribution in [3.8, 4) is 0 Å². The number of likely N-dealkylation sites (N-methyl/N-ethyl adjacent to an activating group) is 1. The molecule has 1 aliphatic rings. The van der Waals surface area contributed by atoms with E-state index < -0.39 is 0 Å². The van der Waals surface area contributed by atoms with E-state index in [4.69, 9.17) is 4.74 Å². The summed E-state index contributed by atoms with van der Waals surface area (Å²) >= 11 is 0. The van der Waals surface area contributed by atoms with Gasteiger partial charge in [0.25, 0.3) is 5.91 Å². The molecule has 19 heavy (non-hydrogen) atoms. The van der Waals surface area contributed by atoms with Crippen LogP contribution in [0.4, 0.5) is 9.18 Å². The van der Waals surface area contributed by atoms with Crippen LogP contribution < -0.4 is 5.32 Å². The van der Waals surface area contributed by atoms with Crippen molar-refractivity contribution in [1.29, 1.82) is 0 Å². The summed E-state index contributed by atoms with van der Waals surface area (Å²) in [6, 6.07) is 5.33. The van der Waals surface area contributed by atoms with Crippen LogP contribution in [0.2, 0.25) is 0 Å². The minimum absolute atomic E-state index is 0.189. The van der Waals surface area contributed by atoms with Crippen molar-refractivity contribution in [2.24, 2.45) is 0 Å². The Labute approximate surface area is 110 Å². The van der Waals surface area contributed by atoms with Crippen molar-refractivity contribution in [3.63, 3.8) is 0 Å². The lowest BCUT2D eigenvalue weighted by atomic mass is 10.2. The quantitative estimate of drug-likeness (QED) is 0.896. The maximum atomic E-state index is 12.7. The summed E-state index contributed by atoms with van der Waals surface area (Å²) in [6.45, 7) is 0.938. The van der Waals surface area contributed by atoms with Crippen molar-refractivity contribution in [3.05, 3.63) is 35.6 Å². The van der Waals surface area contributed by atoms with Crippen molar-refractivity contribution in [2.45, 2.75) is 12.5 Å². The van der Waals surface area contributed by atoms with Gasteiger partial charge in [-0.05, 0) is 24.3 Å². The van der Waals surface area contributed by atoms with Crippen LogP contribution in [0.25, 0.3) is 0 Å². The van der Waals surface area contributed by atoms with Crippen LogP contribution in [0.3, 0.4) is 0 Å². The molecule has 1 unspecified atom stereocenters. The van der Waals surface area contributed by atoms with E-state index in [1.165, 1.54) is 29.2 Å². The lowest BCUT2D eigenvalue weighted by molar-refractivity contribution is 0.0944. The third-order valence-electron chi connectivity index (χ3n) is 2.91. The molecule has 5 nitrogen and oxygen atoms in total. The summed E-state index contributed by atoms with van der Waals surface area (Å²) in [5, 5.41) is 2.70. The van der Waals surface area contributed by atoms with E-state index in [-0.39, 0.29) is 23.9 Å². The van der Waals surface area contributed by atoms with Crippen molar-refractivity contribution in [1.82, 2.24) is 10.2 Å². The van der Waals surface area contributed by atoms with Crippen LogP contribution in [-0.4, -0.2) is 43.1 Å². The monoisotopic (exact) mass is 266 g/mol. The van der Waals surface area contributed by atoms with Crippen LogP contribution in [0.1, 0.15) is 16.8 Å². The first-order chi connectivity index (χ1) is 9.06. The lowest BCUT2D eigenvalue weighted by Gasteiger charge is -2.09. The number of hydrogen-bond donors (Lipinski definition) is 1. The Morgan fingerprint density at radius 2 is 2.16 bits per heavy atom. The van der Waals surface area contributed by atoms with Crippen LogP contribution in [0.5, 0.6) is 0 Å². The molecule has 1 heterocycles. The van der Waals surface area contributed by atoms with Gasteiger partial charge in [0.1, 0.15) is 11.9 Å². The average Bonchev–Trinajstić information content (AvgIpc) is 2.69. The molecule has 0 aromatic heterocycles. The molecule has 1 aliphatic heterocycles. The van der Waals surface area contributed by atoms with Crippen LogP contribution >= 0.6 is 0 Å². The molecular formula is C13H15FN2O3. The highest BCUT2D eigenvalue weighted by Crippen LogP contribution is 2.11. The normalized spacial score (nSPS) is 18.3. The molecule has 0 spiro atoms. The third-order valence-corrected chi connectivity index (χ3v) is 2.91. The third kappa shape index (κ3) is 3.43. The Morgan fingerprint density at radius 1 is 1.47 bits per heavy atom. The van der Waals surface area contributed by atoms with Gasteiger partial charge in [0, 0.05) is 25.6 Å². The molecule has 1 atom stereocenters. The van der Waals surface area contributed by atoms with Crippen molar-refractivity contribution >= 4 is 12.0 Å². The second-order valence-corrected chi connectivity index (χ2v) is 4.44. The van der Waals surface area contributed by atoms with E-state index in [2.05, 4.69) is 5.32 Å². The Kier molecular flexibility index (Phi) is 3.99. The van der Waals surface area contributed by atoms with Crippen LogP contribution in [0.15, 0.2) is 24.3 Å². The smallest absolute Gasteiger partial charge is 0.409 e. The molecule has 0 bridgehead atoms. The summed E-state index contributed by atoms with van der Waals surface area (Å²) in [4.78, 5) is 24.3. The summed E-state index contributed by atoms with van der Waals surface area (Å²) in [5.41, 5.74) is 0.405. The van der Waals surface area contributed by atoms with Crippen molar-refractivity contribution in [2.75, 3.05) is 20.1 Å². The number of hydrogen-bond acceptors (Lipinski definition) is 3. The number of carbonyl (C=O) groups is 2. The molecule has 1 aromatic rings. The summed E-state index contributed by atoms with van der Waals surface area (Å²) in [7, 11) is 1.67. The molecule has 1 N–H and O–H groups in total. The molecule has 102 valence electrons. The zero-order valence-electron chi connectivity index (χ0n) is 10.6. The molecule has 2 amide bonds. The number of ether oxygens (including phenoxy) is 1. The minimum atomic E-state index is -0.377. The maximum absolute atomic E-state index is 12.7. The van der Waals surface area contributed by atoms with Gasteiger partial charge in [-0.1, -0.05) is 0 Å². The number of carbonyl (C=O) groups excluding carboxylic acids is 2. The minimum Gasteiger partial charge on any atom is -0.444 e. The molecule has 0 saturated carbocycles. The van der Waals surface area contributed by atoms with Crippen LogP contribution in [-0.2, 0) is 4.74 Å². The Balaban J connectivity index is 1.75. The standard InChI is InChI=1S/C13H15FN2O3/c1-16-8-11(19-13(16)18)6-7-15-12(17)9-2-4-10(14)5-3-9/h2-5,11H,6-8H2,1H3,(H,15,17). The predicted molar refractivity (Wildman–Crippen MR) is 66.2 cm³/mol. The highest BCUT2D eigenvalue weighted by molar-refractivity contribution is 5.94. The Morgan fingerprint density at radius 3 is 2.74 bits per heavy atom. The predicted octanol–water partition coefficient (Wildman–Crippen LogP) is 1.40. The molecule has 0 radical (unpaired) electrons. The first kappa shape index (κ1) is 13.3. The van der Waals surface area contributed by atoms with Gasteiger partial charge in [-0.25, -0.2) is 9.18 Å². The van der Waals surface area contributed by atoms with Gasteiger partial charge in [-0.15, -0.1) is 0 Å². The van der Waals surface area contributed by atoms with E-state index in [0.29, 0.717) is 25.1 Å². The fourth-order valence-electron chi connectivity index (χ4n) is 1.85. The zero-order valence-corrected chi connectivity index (χ0v) is 10.6. The molecule has 0 aliphatic carbocycles. The summed E-state index contributed by atoms with van der Waals surface area (Å²) in [5.74, 6) is -0.643. The fourth-order valence-corrected chi connectivity index (χ4v) is 1.85. The van der Waals surface area contributed by atoms with Gasteiger partial charge >= 0.3 is 6.09 Å². The van der Waals surface area contributed by atoms with E-state index in [1.54, 1.807) is 7.05 Å². The molecule has 6 heteroatoms. The highest BCUT2D eigenvalue weighted by Gasteiger charge is 2.27. The number of rotatable bonds is 4. The van der Waals surface area contributed by atoms with E-state index in [1.807, 2.05) is 0 Å². The van der Waals surface area contributed by atoms with Gasteiger partial charge in [0.2, 0.25) is 0 Å². The number of halogens is 1. The van der Waals surface area contributed by atoms with E-state index >= 15 is 0 Å². The number of cyclic esters (lactones) is 1. The van der Waals surface area contributed by atoms with Gasteiger partial charge in [-0.3, -0.25) is 4.79 Å². The molecule has 1 saturated heterocycles. The second-order valence-electron chi connectivity index (χ2n) is 4.44. The Bertz CT molecular complexity index is 475. The largest absolute Gasteiger partial charge is 0.444 e. The SMILES string of the molecule is CN1CC(CCNC(=O)c2ccc(F)cc2)OC1=O. The number of nitrogens with one attached hydrogen (secondary N) is 1. The van der Waals surface area contributed by atoms with E-state index in [9.17, 15) is 14.0 Å². The van der Waals surface area contributed by atoms with E-state index in [0.717, 1.165) is 0 Å². The average molecular weight is 266 g/mol. The number of nitrogens with zero attached hydrogens (tertiary/aromatic N) is 1. The zero-order chi connectivity index (χ0) is 13.8. The topological polar surface area (TPSA) is 58.6 Å². The molecular weight excluding hydrogens is 251 g/mol. The fraction of sp³-hybridized carbons (Fsp3) is 0.385. The lowest BCUT2D eigenvalue weighted by Crippen LogP contribution is -2.28.